The third-order valence-electron chi connectivity index (χ3n) is 4.98. The first-order chi connectivity index (χ1) is 14.8. The average molecular weight is 437 g/mol. The van der Waals surface area contributed by atoms with Crippen molar-refractivity contribution >= 4 is 29.0 Å². The lowest BCUT2D eigenvalue weighted by molar-refractivity contribution is 0.0946. The number of nitrogens with one attached hydrogen (secondary N) is 2. The highest BCUT2D eigenvalue weighted by Gasteiger charge is 2.21. The van der Waals surface area contributed by atoms with Crippen molar-refractivity contribution < 1.29 is 9.59 Å². The van der Waals surface area contributed by atoms with E-state index in [-0.39, 0.29) is 18.0 Å². The lowest BCUT2D eigenvalue weighted by Crippen LogP contribution is -2.39. The zero-order valence-electron chi connectivity index (χ0n) is 18.3. The molecule has 0 unspecified atom stereocenters. The van der Waals surface area contributed by atoms with E-state index in [0.29, 0.717) is 18.8 Å². The Kier molecular flexibility index (Phi) is 7.41. The summed E-state index contributed by atoms with van der Waals surface area (Å²) >= 11 is 1.38. The molecule has 2 N–H and O–H groups in total. The van der Waals surface area contributed by atoms with E-state index in [0.717, 1.165) is 27.4 Å². The number of carbonyl (C=O) groups is 2. The van der Waals surface area contributed by atoms with Gasteiger partial charge in [0.2, 0.25) is 0 Å². The Morgan fingerprint density at radius 2 is 1.71 bits per heavy atom. The van der Waals surface area contributed by atoms with Crippen LogP contribution in [0.4, 0.5) is 10.5 Å². The van der Waals surface area contributed by atoms with Crippen molar-refractivity contribution in [3.63, 3.8) is 0 Å². The second-order valence-electron chi connectivity index (χ2n) is 7.71. The molecule has 1 aromatic heterocycles. The van der Waals surface area contributed by atoms with Gasteiger partial charge in [-0.15, -0.1) is 11.3 Å². The van der Waals surface area contributed by atoms with Crippen LogP contribution >= 0.6 is 11.3 Å². The Balaban J connectivity index is 1.64. The molecule has 31 heavy (non-hydrogen) atoms. The molecular formula is C24H28N4O2S. The summed E-state index contributed by atoms with van der Waals surface area (Å²) in [7, 11) is 0. The molecule has 1 heterocycles. The summed E-state index contributed by atoms with van der Waals surface area (Å²) in [6.07, 6.45) is 0. The van der Waals surface area contributed by atoms with Crippen molar-refractivity contribution in [3.05, 3.63) is 81.3 Å². The standard InChI is InChI=1S/C24H28N4O2S/c1-16(2)28(24(30)27-22-17(3)9-8-10-18(22)4)14-21-26-20(15-31-21)23(29)25-13-19-11-6-5-7-12-19/h5-12,15-16H,13-14H2,1-4H3,(H,25,29)(H,27,30). The Bertz CT molecular complexity index is 1030. The van der Waals surface area contributed by atoms with E-state index < -0.39 is 0 Å². The number of urea groups is 1. The van der Waals surface area contributed by atoms with Crippen molar-refractivity contribution in [2.24, 2.45) is 0 Å². The van der Waals surface area contributed by atoms with Crippen molar-refractivity contribution in [3.8, 4) is 0 Å². The molecule has 0 spiro atoms. The summed E-state index contributed by atoms with van der Waals surface area (Å²) in [6.45, 7) is 8.66. The molecule has 162 valence electrons. The Morgan fingerprint density at radius 1 is 1.03 bits per heavy atom. The first-order valence-corrected chi connectivity index (χ1v) is 11.1. The van der Waals surface area contributed by atoms with Gasteiger partial charge in [0.05, 0.1) is 6.54 Å². The molecule has 2 aromatic carbocycles. The minimum atomic E-state index is -0.220. The minimum Gasteiger partial charge on any atom is -0.347 e. The molecule has 0 aliphatic heterocycles. The van der Waals surface area contributed by atoms with Crippen LogP contribution in [-0.2, 0) is 13.1 Å². The molecule has 0 saturated carbocycles. The molecule has 0 atom stereocenters. The SMILES string of the molecule is Cc1cccc(C)c1NC(=O)N(Cc1nc(C(=O)NCc2ccccc2)cs1)C(C)C. The minimum absolute atomic E-state index is 0.0245. The van der Waals surface area contributed by atoms with E-state index >= 15 is 0 Å². The number of benzene rings is 2. The molecule has 0 radical (unpaired) electrons. The number of hydrogen-bond donors (Lipinski definition) is 2. The number of para-hydroxylation sites is 1. The highest BCUT2D eigenvalue weighted by atomic mass is 32.1. The van der Waals surface area contributed by atoms with Crippen LogP contribution in [0.5, 0.6) is 0 Å². The van der Waals surface area contributed by atoms with Crippen molar-refractivity contribution in [1.29, 1.82) is 0 Å². The summed E-state index contributed by atoms with van der Waals surface area (Å²) in [5, 5.41) is 8.37. The van der Waals surface area contributed by atoms with Crippen molar-refractivity contribution in [2.45, 2.75) is 46.8 Å². The number of amides is 3. The van der Waals surface area contributed by atoms with Gasteiger partial charge in [-0.05, 0) is 44.4 Å². The molecule has 7 heteroatoms. The van der Waals surface area contributed by atoms with Crippen LogP contribution in [0.3, 0.4) is 0 Å². The molecular weight excluding hydrogens is 408 g/mol. The van der Waals surface area contributed by atoms with Gasteiger partial charge in [0.1, 0.15) is 10.7 Å². The van der Waals surface area contributed by atoms with E-state index in [1.54, 1.807) is 10.3 Å². The van der Waals surface area contributed by atoms with E-state index in [1.165, 1.54) is 11.3 Å². The molecule has 0 saturated heterocycles. The number of hydrogen-bond acceptors (Lipinski definition) is 4. The second kappa shape index (κ2) is 10.2. The molecule has 0 aliphatic carbocycles. The molecule has 0 aliphatic rings. The fourth-order valence-electron chi connectivity index (χ4n) is 3.18. The number of thiazole rings is 1. The maximum Gasteiger partial charge on any atom is 0.322 e. The predicted molar refractivity (Wildman–Crippen MR) is 125 cm³/mol. The van der Waals surface area contributed by atoms with Gasteiger partial charge < -0.3 is 15.5 Å². The average Bonchev–Trinajstić information content (AvgIpc) is 3.22. The third-order valence-corrected chi connectivity index (χ3v) is 5.82. The third kappa shape index (κ3) is 5.92. The van der Waals surface area contributed by atoms with Crippen LogP contribution in [0, 0.1) is 13.8 Å². The lowest BCUT2D eigenvalue weighted by Gasteiger charge is -2.27. The highest BCUT2D eigenvalue weighted by molar-refractivity contribution is 7.09. The normalized spacial score (nSPS) is 10.7. The Labute approximate surface area is 187 Å². The molecule has 3 aromatic rings. The van der Waals surface area contributed by atoms with Gasteiger partial charge >= 0.3 is 6.03 Å². The lowest BCUT2D eigenvalue weighted by atomic mass is 10.1. The Morgan fingerprint density at radius 3 is 2.35 bits per heavy atom. The first kappa shape index (κ1) is 22.5. The zero-order valence-corrected chi connectivity index (χ0v) is 19.1. The smallest absolute Gasteiger partial charge is 0.322 e. The quantitative estimate of drug-likeness (QED) is 0.539. The molecule has 0 bridgehead atoms. The predicted octanol–water partition coefficient (Wildman–Crippen LogP) is 5.13. The van der Waals surface area contributed by atoms with Crippen LogP contribution in [0.25, 0.3) is 0 Å². The number of carbonyl (C=O) groups excluding carboxylic acids is 2. The van der Waals surface area contributed by atoms with Gasteiger partial charge in [-0.2, -0.15) is 0 Å². The largest absolute Gasteiger partial charge is 0.347 e. The molecule has 0 fully saturated rings. The van der Waals surface area contributed by atoms with Crippen LogP contribution in [-0.4, -0.2) is 27.9 Å². The van der Waals surface area contributed by atoms with Crippen LogP contribution in [0.2, 0.25) is 0 Å². The topological polar surface area (TPSA) is 74.3 Å². The molecule has 3 rings (SSSR count). The van der Waals surface area contributed by atoms with E-state index in [1.807, 2.05) is 76.2 Å². The first-order valence-electron chi connectivity index (χ1n) is 10.3. The summed E-state index contributed by atoms with van der Waals surface area (Å²) in [6, 6.07) is 15.5. The molecule has 6 nitrogen and oxygen atoms in total. The van der Waals surface area contributed by atoms with Crippen molar-refractivity contribution in [1.82, 2.24) is 15.2 Å². The second-order valence-corrected chi connectivity index (χ2v) is 8.66. The number of rotatable bonds is 7. The maximum atomic E-state index is 13.0. The molecule has 3 amide bonds. The highest BCUT2D eigenvalue weighted by Crippen LogP contribution is 2.21. The monoisotopic (exact) mass is 436 g/mol. The fourth-order valence-corrected chi connectivity index (χ4v) is 3.95. The van der Waals surface area contributed by atoms with Gasteiger partial charge in [0.25, 0.3) is 5.91 Å². The zero-order chi connectivity index (χ0) is 22.4. The van der Waals surface area contributed by atoms with Crippen LogP contribution in [0.1, 0.15) is 46.0 Å². The number of aryl methyl sites for hydroxylation is 2. The summed E-state index contributed by atoms with van der Waals surface area (Å²) < 4.78 is 0. The number of nitrogens with zero attached hydrogens (tertiary/aromatic N) is 2. The van der Waals surface area contributed by atoms with Gasteiger partial charge in [0, 0.05) is 23.7 Å². The van der Waals surface area contributed by atoms with Crippen LogP contribution in [0.15, 0.2) is 53.9 Å². The van der Waals surface area contributed by atoms with Crippen LogP contribution < -0.4 is 10.6 Å². The van der Waals surface area contributed by atoms with E-state index in [4.69, 9.17) is 0 Å². The summed E-state index contributed by atoms with van der Waals surface area (Å²) in [5.74, 6) is -0.220. The fraction of sp³-hybridized carbons (Fsp3) is 0.292. The van der Waals surface area contributed by atoms with Gasteiger partial charge in [0.15, 0.2) is 0 Å². The number of aromatic nitrogens is 1. The maximum absolute atomic E-state index is 13.0. The number of anilines is 1. The Hall–Kier alpha value is -3.19. The summed E-state index contributed by atoms with van der Waals surface area (Å²) in [4.78, 5) is 31.6. The summed E-state index contributed by atoms with van der Waals surface area (Å²) in [5.41, 5.74) is 4.26. The van der Waals surface area contributed by atoms with Gasteiger partial charge in [-0.3, -0.25) is 4.79 Å². The van der Waals surface area contributed by atoms with E-state index in [9.17, 15) is 9.59 Å². The van der Waals surface area contributed by atoms with Crippen molar-refractivity contribution in [2.75, 3.05) is 5.32 Å². The van der Waals surface area contributed by atoms with Gasteiger partial charge in [-0.25, -0.2) is 9.78 Å². The van der Waals surface area contributed by atoms with E-state index in [2.05, 4.69) is 15.6 Å². The van der Waals surface area contributed by atoms with Gasteiger partial charge in [-0.1, -0.05) is 48.5 Å².